The molecule has 0 saturated carbocycles. The van der Waals surface area contributed by atoms with Crippen molar-refractivity contribution >= 4 is 34.2 Å². The van der Waals surface area contributed by atoms with Crippen molar-refractivity contribution in [1.82, 2.24) is 10.2 Å². The topological polar surface area (TPSA) is 108 Å². The number of carbonyl (C=O) groups excluding carboxylic acids is 3. The van der Waals surface area contributed by atoms with Crippen LogP contribution in [0.25, 0.3) is 10.8 Å². The molecular formula is C33H37N3O5. The number of likely N-dealkylation sites (tertiary alicyclic amines) is 1. The predicted molar refractivity (Wildman–Crippen MR) is 156 cm³/mol. The number of hydrogen-bond donors (Lipinski definition) is 3. The zero-order chi connectivity index (χ0) is 28.9. The minimum absolute atomic E-state index is 0.117. The third kappa shape index (κ3) is 4.41. The number of nitrogens with zero attached hydrogens (tertiary/aromatic N) is 1. The van der Waals surface area contributed by atoms with Gasteiger partial charge in [0.15, 0.2) is 0 Å². The predicted octanol–water partition coefficient (Wildman–Crippen LogP) is 3.88. The van der Waals surface area contributed by atoms with Gasteiger partial charge in [-0.2, -0.15) is 0 Å². The van der Waals surface area contributed by atoms with Gasteiger partial charge in [0.1, 0.15) is 11.6 Å². The van der Waals surface area contributed by atoms with Crippen LogP contribution in [-0.4, -0.2) is 57.6 Å². The first-order valence-corrected chi connectivity index (χ1v) is 14.4. The fourth-order valence-electron chi connectivity index (χ4n) is 7.41. The first-order valence-electron chi connectivity index (χ1n) is 14.4. The van der Waals surface area contributed by atoms with Crippen LogP contribution in [0.1, 0.15) is 39.2 Å². The monoisotopic (exact) mass is 555 g/mol. The molecule has 3 aromatic carbocycles. The number of ether oxygens (including phenoxy) is 1. The molecule has 3 amide bonds. The molecule has 214 valence electrons. The Bertz CT molecular complexity index is 1490. The molecule has 3 N–H and O–H groups in total. The van der Waals surface area contributed by atoms with Gasteiger partial charge in [-0.15, -0.1) is 0 Å². The van der Waals surface area contributed by atoms with Gasteiger partial charge < -0.3 is 25.4 Å². The van der Waals surface area contributed by atoms with Gasteiger partial charge in [-0.3, -0.25) is 14.4 Å². The molecule has 2 bridgehead atoms. The number of aliphatic hydroxyl groups is 1. The minimum Gasteiger partial charge on any atom is -0.394 e. The van der Waals surface area contributed by atoms with Crippen LogP contribution in [0.3, 0.4) is 0 Å². The maximum atomic E-state index is 14.3. The van der Waals surface area contributed by atoms with E-state index in [1.165, 1.54) is 4.90 Å². The standard InChI is InChI=1S/C33H37N3O5/c1-20(2)25(19-37)36-28(30(39)35-24-14-13-22-11-7-8-12-23(22)17-24)33-16-15-32(3,41-33)26(27(33)31(36)40)29(38)34-18-21-9-5-4-6-10-21/h4-14,17,20,25-28,37H,15-16,18-19H2,1-3H3,(H,34,38)(H,35,39)/t25-,26-,27-,28?,32+,33?/m0/s1. The summed E-state index contributed by atoms with van der Waals surface area (Å²) in [6, 6.07) is 21.6. The van der Waals surface area contributed by atoms with E-state index in [9.17, 15) is 19.5 Å². The Morgan fingerprint density at radius 1 is 1.00 bits per heavy atom. The molecule has 3 aromatic rings. The molecule has 3 saturated heterocycles. The smallest absolute Gasteiger partial charge is 0.250 e. The molecule has 1 spiro atoms. The number of amides is 3. The van der Waals surface area contributed by atoms with Gasteiger partial charge in [-0.25, -0.2) is 0 Å². The Morgan fingerprint density at radius 3 is 2.41 bits per heavy atom. The first kappa shape index (κ1) is 27.4. The Labute approximate surface area is 240 Å². The van der Waals surface area contributed by atoms with Gasteiger partial charge in [0.25, 0.3) is 0 Å². The molecule has 0 aliphatic carbocycles. The van der Waals surface area contributed by atoms with E-state index in [-0.39, 0.29) is 30.2 Å². The molecule has 6 atom stereocenters. The Morgan fingerprint density at radius 2 is 1.71 bits per heavy atom. The van der Waals surface area contributed by atoms with Crippen molar-refractivity contribution in [3.8, 4) is 0 Å². The summed E-state index contributed by atoms with van der Waals surface area (Å²) in [5.74, 6) is -2.62. The van der Waals surface area contributed by atoms with E-state index in [4.69, 9.17) is 4.74 Å². The highest BCUT2D eigenvalue weighted by Crippen LogP contribution is 2.63. The van der Waals surface area contributed by atoms with Crippen LogP contribution in [0, 0.1) is 17.8 Å². The van der Waals surface area contributed by atoms with Gasteiger partial charge in [0.2, 0.25) is 17.7 Å². The molecule has 0 aromatic heterocycles. The molecule has 8 nitrogen and oxygen atoms in total. The first-order chi connectivity index (χ1) is 19.7. The third-order valence-corrected chi connectivity index (χ3v) is 9.39. The summed E-state index contributed by atoms with van der Waals surface area (Å²) in [5, 5.41) is 18.5. The lowest BCUT2D eigenvalue weighted by Crippen LogP contribution is -2.57. The number of nitrogens with one attached hydrogen (secondary N) is 2. The SMILES string of the molecule is CC(C)[C@H](CO)N1C(=O)[C@@H]2[C@@H](C(=O)NCc3ccccc3)[C@@]3(C)CCC2(O3)C1C(=O)Nc1ccc2ccccc2c1. The lowest BCUT2D eigenvalue weighted by molar-refractivity contribution is -0.149. The normalized spacial score (nSPS) is 29.1. The average Bonchev–Trinajstić information content (AvgIpc) is 3.53. The highest BCUT2D eigenvalue weighted by molar-refractivity contribution is 6.04. The second-order valence-corrected chi connectivity index (χ2v) is 12.2. The third-order valence-electron chi connectivity index (χ3n) is 9.39. The quantitative estimate of drug-likeness (QED) is 0.391. The Hall–Kier alpha value is -3.75. The van der Waals surface area contributed by atoms with Crippen molar-refractivity contribution in [3.05, 3.63) is 78.4 Å². The molecule has 6 rings (SSSR count). The number of hydrogen-bond acceptors (Lipinski definition) is 5. The van der Waals surface area contributed by atoms with Crippen LogP contribution >= 0.6 is 0 Å². The van der Waals surface area contributed by atoms with Crippen molar-refractivity contribution in [3.63, 3.8) is 0 Å². The summed E-state index contributed by atoms with van der Waals surface area (Å²) >= 11 is 0. The lowest BCUT2D eigenvalue weighted by atomic mass is 9.66. The van der Waals surface area contributed by atoms with Crippen molar-refractivity contribution in [2.75, 3.05) is 11.9 Å². The molecule has 3 fully saturated rings. The number of anilines is 1. The van der Waals surface area contributed by atoms with Gasteiger partial charge in [-0.1, -0.05) is 74.5 Å². The summed E-state index contributed by atoms with van der Waals surface area (Å²) < 4.78 is 6.71. The van der Waals surface area contributed by atoms with E-state index in [0.29, 0.717) is 25.1 Å². The van der Waals surface area contributed by atoms with Gasteiger partial charge in [0, 0.05) is 12.2 Å². The van der Waals surface area contributed by atoms with Crippen molar-refractivity contribution in [2.24, 2.45) is 17.8 Å². The molecule has 3 aliphatic rings. The van der Waals surface area contributed by atoms with Crippen LogP contribution in [0.15, 0.2) is 72.8 Å². The van der Waals surface area contributed by atoms with Crippen LogP contribution in [-0.2, 0) is 25.7 Å². The fraction of sp³-hybridized carbons (Fsp3) is 0.424. The zero-order valence-corrected chi connectivity index (χ0v) is 23.7. The lowest BCUT2D eigenvalue weighted by Gasteiger charge is -2.38. The summed E-state index contributed by atoms with van der Waals surface area (Å²) in [4.78, 5) is 43.8. The van der Waals surface area contributed by atoms with Crippen molar-refractivity contribution in [2.45, 2.75) is 63.4 Å². The average molecular weight is 556 g/mol. The van der Waals surface area contributed by atoms with E-state index >= 15 is 0 Å². The summed E-state index contributed by atoms with van der Waals surface area (Å²) in [6.45, 7) is 5.76. The number of rotatable bonds is 8. The highest BCUT2D eigenvalue weighted by atomic mass is 16.5. The second kappa shape index (κ2) is 10.3. The van der Waals surface area contributed by atoms with E-state index in [0.717, 1.165) is 16.3 Å². The molecule has 0 radical (unpaired) electrons. The highest BCUT2D eigenvalue weighted by Gasteiger charge is 2.78. The van der Waals surface area contributed by atoms with Gasteiger partial charge >= 0.3 is 0 Å². The number of aliphatic hydroxyl groups excluding tert-OH is 1. The maximum absolute atomic E-state index is 14.3. The molecule has 3 heterocycles. The van der Waals surface area contributed by atoms with Gasteiger partial charge in [0.05, 0.1) is 30.1 Å². The van der Waals surface area contributed by atoms with E-state index in [1.54, 1.807) is 0 Å². The van der Waals surface area contributed by atoms with Crippen LogP contribution in [0.5, 0.6) is 0 Å². The number of fused-ring (bicyclic) bond motifs is 2. The number of benzene rings is 3. The fourth-order valence-corrected chi connectivity index (χ4v) is 7.41. The van der Waals surface area contributed by atoms with Gasteiger partial charge in [-0.05, 0) is 54.2 Å². The van der Waals surface area contributed by atoms with Crippen LogP contribution in [0.4, 0.5) is 5.69 Å². The summed E-state index contributed by atoms with van der Waals surface area (Å²) in [7, 11) is 0. The summed E-state index contributed by atoms with van der Waals surface area (Å²) in [5.41, 5.74) is -0.468. The molecule has 8 heteroatoms. The van der Waals surface area contributed by atoms with E-state index in [1.807, 2.05) is 93.6 Å². The maximum Gasteiger partial charge on any atom is 0.250 e. The second-order valence-electron chi connectivity index (χ2n) is 12.2. The van der Waals surface area contributed by atoms with Crippen LogP contribution in [0.2, 0.25) is 0 Å². The Kier molecular flexibility index (Phi) is 6.86. The molecular weight excluding hydrogens is 518 g/mol. The van der Waals surface area contributed by atoms with Crippen molar-refractivity contribution < 1.29 is 24.2 Å². The number of carbonyl (C=O) groups is 3. The molecule has 41 heavy (non-hydrogen) atoms. The van der Waals surface area contributed by atoms with Crippen LogP contribution < -0.4 is 10.6 Å². The zero-order valence-electron chi connectivity index (χ0n) is 23.7. The van der Waals surface area contributed by atoms with E-state index in [2.05, 4.69) is 10.6 Å². The minimum atomic E-state index is -1.16. The summed E-state index contributed by atoms with van der Waals surface area (Å²) in [6.07, 6.45) is 1.03. The largest absolute Gasteiger partial charge is 0.394 e. The molecule has 3 aliphatic heterocycles. The molecule has 2 unspecified atom stereocenters. The van der Waals surface area contributed by atoms with E-state index < -0.39 is 35.1 Å². The van der Waals surface area contributed by atoms with Crippen molar-refractivity contribution in [1.29, 1.82) is 0 Å². The Balaban J connectivity index is 1.35.